The zero-order valence-electron chi connectivity index (χ0n) is 11.8. The number of hydrogen-bond donors (Lipinski definition) is 1. The van der Waals surface area contributed by atoms with Gasteiger partial charge in [0, 0.05) is 30.5 Å². The highest BCUT2D eigenvalue weighted by Gasteiger charge is 2.18. The zero-order valence-corrected chi connectivity index (χ0v) is 12.6. The van der Waals surface area contributed by atoms with Crippen LogP contribution in [0.4, 0.5) is 5.69 Å². The fourth-order valence-corrected chi connectivity index (χ4v) is 2.14. The Morgan fingerprint density at radius 2 is 2.19 bits per heavy atom. The van der Waals surface area contributed by atoms with Crippen molar-refractivity contribution in [1.82, 2.24) is 9.88 Å². The molecule has 5 nitrogen and oxygen atoms in total. The molecule has 0 aliphatic rings. The van der Waals surface area contributed by atoms with Gasteiger partial charge in [-0.15, -0.1) is 0 Å². The molecule has 0 bridgehead atoms. The van der Waals surface area contributed by atoms with Crippen molar-refractivity contribution in [2.45, 2.75) is 6.54 Å². The van der Waals surface area contributed by atoms with E-state index in [1.165, 1.54) is 7.11 Å². The highest BCUT2D eigenvalue weighted by atomic mass is 35.5. The van der Waals surface area contributed by atoms with Gasteiger partial charge in [0.05, 0.1) is 7.11 Å². The lowest BCUT2D eigenvalue weighted by molar-refractivity contribution is 0.0781. The summed E-state index contributed by atoms with van der Waals surface area (Å²) in [5, 5.41) is 0.571. The number of hydrogen-bond acceptors (Lipinski definition) is 4. The standard InChI is InChI=1S/C15H16ClN3O2/c1-19(9-10-8-11(17)5-6-13(10)16)15(20)12-4-3-7-18-14(12)21-2/h3-8H,9,17H2,1-2H3. The van der Waals surface area contributed by atoms with E-state index in [0.29, 0.717) is 28.7 Å². The molecule has 2 N–H and O–H groups in total. The van der Waals surface area contributed by atoms with Crippen molar-refractivity contribution in [3.8, 4) is 5.88 Å². The largest absolute Gasteiger partial charge is 0.480 e. The molecule has 0 radical (unpaired) electrons. The number of nitrogens with zero attached hydrogens (tertiary/aromatic N) is 2. The van der Waals surface area contributed by atoms with Crippen molar-refractivity contribution >= 4 is 23.2 Å². The molecule has 1 aromatic heterocycles. The summed E-state index contributed by atoms with van der Waals surface area (Å²) in [6.07, 6.45) is 1.57. The minimum Gasteiger partial charge on any atom is -0.480 e. The summed E-state index contributed by atoms with van der Waals surface area (Å²) in [7, 11) is 3.17. The van der Waals surface area contributed by atoms with Crippen molar-refractivity contribution in [2.75, 3.05) is 19.9 Å². The van der Waals surface area contributed by atoms with Crippen LogP contribution in [0.2, 0.25) is 5.02 Å². The zero-order chi connectivity index (χ0) is 15.4. The molecule has 0 spiro atoms. The van der Waals surface area contributed by atoms with Crippen molar-refractivity contribution in [1.29, 1.82) is 0 Å². The number of benzene rings is 1. The Hall–Kier alpha value is -2.27. The van der Waals surface area contributed by atoms with Gasteiger partial charge in [-0.2, -0.15) is 0 Å². The van der Waals surface area contributed by atoms with Crippen molar-refractivity contribution in [3.63, 3.8) is 0 Å². The van der Waals surface area contributed by atoms with Crippen LogP contribution in [0.25, 0.3) is 0 Å². The van der Waals surface area contributed by atoms with Gasteiger partial charge >= 0.3 is 0 Å². The summed E-state index contributed by atoms with van der Waals surface area (Å²) in [6, 6.07) is 8.56. The molecule has 110 valence electrons. The molecule has 0 aliphatic carbocycles. The van der Waals surface area contributed by atoms with Crippen LogP contribution in [0.3, 0.4) is 0 Å². The predicted molar refractivity (Wildman–Crippen MR) is 82.5 cm³/mol. The minimum atomic E-state index is -0.196. The first-order chi connectivity index (χ1) is 10.0. The van der Waals surface area contributed by atoms with Gasteiger partial charge in [0.1, 0.15) is 5.56 Å². The fourth-order valence-electron chi connectivity index (χ4n) is 1.97. The van der Waals surface area contributed by atoms with Crippen molar-refractivity contribution in [3.05, 3.63) is 52.7 Å². The van der Waals surface area contributed by atoms with Gasteiger partial charge in [-0.05, 0) is 35.9 Å². The molecule has 2 rings (SSSR count). The van der Waals surface area contributed by atoms with Crippen LogP contribution >= 0.6 is 11.6 Å². The van der Waals surface area contributed by atoms with Gasteiger partial charge in [-0.3, -0.25) is 4.79 Å². The second kappa shape index (κ2) is 6.45. The van der Waals surface area contributed by atoms with E-state index < -0.39 is 0 Å². The molecule has 21 heavy (non-hydrogen) atoms. The van der Waals surface area contributed by atoms with Gasteiger partial charge in [0.25, 0.3) is 5.91 Å². The SMILES string of the molecule is COc1ncccc1C(=O)N(C)Cc1cc(N)ccc1Cl. The summed E-state index contributed by atoms with van der Waals surface area (Å²) < 4.78 is 5.11. The minimum absolute atomic E-state index is 0.196. The number of rotatable bonds is 4. The summed E-state index contributed by atoms with van der Waals surface area (Å²) in [6.45, 7) is 0.348. The number of carbonyl (C=O) groups excluding carboxylic acids is 1. The lowest BCUT2D eigenvalue weighted by Crippen LogP contribution is -2.27. The van der Waals surface area contributed by atoms with Crippen LogP contribution in [-0.4, -0.2) is 29.9 Å². The van der Waals surface area contributed by atoms with Crippen LogP contribution in [0.1, 0.15) is 15.9 Å². The Labute approximate surface area is 128 Å². The summed E-state index contributed by atoms with van der Waals surface area (Å²) >= 11 is 6.12. The molecule has 2 aromatic rings. The number of ether oxygens (including phenoxy) is 1. The lowest BCUT2D eigenvalue weighted by Gasteiger charge is -2.19. The molecule has 0 saturated carbocycles. The van der Waals surface area contributed by atoms with Gasteiger partial charge in [-0.25, -0.2) is 4.98 Å². The maximum absolute atomic E-state index is 12.5. The van der Waals surface area contributed by atoms with Crippen molar-refractivity contribution in [2.24, 2.45) is 0 Å². The highest BCUT2D eigenvalue weighted by Crippen LogP contribution is 2.22. The predicted octanol–water partition coefficient (Wildman–Crippen LogP) is 2.60. The van der Waals surface area contributed by atoms with Gasteiger partial charge in [-0.1, -0.05) is 11.6 Å². The number of pyridine rings is 1. The normalized spacial score (nSPS) is 10.2. The lowest BCUT2D eigenvalue weighted by atomic mass is 10.1. The first kappa shape index (κ1) is 15.1. The number of nitrogens with two attached hydrogens (primary N) is 1. The molecule has 1 aromatic carbocycles. The van der Waals surface area contributed by atoms with E-state index in [0.717, 1.165) is 5.56 Å². The van der Waals surface area contributed by atoms with E-state index in [4.69, 9.17) is 22.1 Å². The van der Waals surface area contributed by atoms with Crippen LogP contribution < -0.4 is 10.5 Å². The maximum Gasteiger partial charge on any atom is 0.259 e. The number of aromatic nitrogens is 1. The average molecular weight is 306 g/mol. The fraction of sp³-hybridized carbons (Fsp3) is 0.200. The molecule has 0 fully saturated rings. The number of anilines is 1. The molecule has 0 aliphatic heterocycles. The van der Waals surface area contributed by atoms with Crippen LogP contribution in [0.5, 0.6) is 5.88 Å². The van der Waals surface area contributed by atoms with E-state index in [1.54, 1.807) is 48.5 Å². The Kier molecular flexibility index (Phi) is 4.65. The first-order valence-electron chi connectivity index (χ1n) is 6.31. The smallest absolute Gasteiger partial charge is 0.259 e. The van der Waals surface area contributed by atoms with E-state index in [9.17, 15) is 4.79 Å². The third kappa shape index (κ3) is 3.44. The summed E-state index contributed by atoms with van der Waals surface area (Å²) in [5.74, 6) is 0.103. The molecule has 6 heteroatoms. The van der Waals surface area contributed by atoms with E-state index in [-0.39, 0.29) is 5.91 Å². The Morgan fingerprint density at radius 3 is 2.90 bits per heavy atom. The molecular weight excluding hydrogens is 290 g/mol. The Balaban J connectivity index is 2.21. The van der Waals surface area contributed by atoms with Crippen LogP contribution in [0.15, 0.2) is 36.5 Å². The summed E-state index contributed by atoms with van der Waals surface area (Å²) in [4.78, 5) is 18.0. The number of nitrogen functional groups attached to an aromatic ring is 1. The number of methoxy groups -OCH3 is 1. The van der Waals surface area contributed by atoms with Gasteiger partial charge < -0.3 is 15.4 Å². The molecule has 1 heterocycles. The first-order valence-corrected chi connectivity index (χ1v) is 6.69. The molecule has 0 saturated heterocycles. The number of halogens is 1. The number of amides is 1. The highest BCUT2D eigenvalue weighted by molar-refractivity contribution is 6.31. The number of carbonyl (C=O) groups is 1. The summed E-state index contributed by atoms with van der Waals surface area (Å²) in [5.41, 5.74) is 7.54. The Morgan fingerprint density at radius 1 is 1.43 bits per heavy atom. The van der Waals surface area contributed by atoms with Gasteiger partial charge in [0.2, 0.25) is 5.88 Å². The second-order valence-corrected chi connectivity index (χ2v) is 4.98. The average Bonchev–Trinajstić information content (AvgIpc) is 2.50. The molecule has 0 unspecified atom stereocenters. The van der Waals surface area contributed by atoms with E-state index in [1.807, 2.05) is 0 Å². The van der Waals surface area contributed by atoms with E-state index in [2.05, 4.69) is 4.98 Å². The monoisotopic (exact) mass is 305 g/mol. The quantitative estimate of drug-likeness (QED) is 0.882. The van der Waals surface area contributed by atoms with Crippen molar-refractivity contribution < 1.29 is 9.53 Å². The van der Waals surface area contributed by atoms with Gasteiger partial charge in [0.15, 0.2) is 0 Å². The molecular formula is C15H16ClN3O2. The van der Waals surface area contributed by atoms with Crippen LogP contribution in [0, 0.1) is 0 Å². The topological polar surface area (TPSA) is 68.5 Å². The molecule has 0 atom stereocenters. The van der Waals surface area contributed by atoms with Crippen LogP contribution in [-0.2, 0) is 6.54 Å². The third-order valence-corrected chi connectivity index (χ3v) is 3.39. The third-order valence-electron chi connectivity index (χ3n) is 3.02. The Bertz CT molecular complexity index is 661. The van der Waals surface area contributed by atoms with E-state index >= 15 is 0 Å². The molecule has 1 amide bonds. The maximum atomic E-state index is 12.5. The second-order valence-electron chi connectivity index (χ2n) is 4.57.